The first-order valence-electron chi connectivity index (χ1n) is 6.56. The van der Waals surface area contributed by atoms with Gasteiger partial charge in [-0.05, 0) is 30.7 Å². The number of carbonyl (C=O) groups is 2. The smallest absolute Gasteiger partial charge is 0.227 e. The summed E-state index contributed by atoms with van der Waals surface area (Å²) in [5.74, 6) is 0.549. The number of benzene rings is 1. The number of ketones is 1. The highest BCUT2D eigenvalue weighted by Gasteiger charge is 2.21. The van der Waals surface area contributed by atoms with Crippen molar-refractivity contribution in [3.8, 4) is 0 Å². The number of hydrogen-bond donors (Lipinski definition) is 0. The van der Waals surface area contributed by atoms with Crippen LogP contribution in [-0.4, -0.2) is 34.2 Å². The van der Waals surface area contributed by atoms with Gasteiger partial charge in [0, 0.05) is 24.2 Å². The maximum absolute atomic E-state index is 12.1. The van der Waals surface area contributed by atoms with E-state index in [1.807, 2.05) is 12.1 Å². The van der Waals surface area contributed by atoms with Crippen molar-refractivity contribution in [1.29, 1.82) is 0 Å². The molecule has 0 unspecified atom stereocenters. The highest BCUT2D eigenvalue weighted by molar-refractivity contribution is 8.01. The van der Waals surface area contributed by atoms with Crippen LogP contribution in [0.5, 0.6) is 0 Å². The molecule has 2 aromatic rings. The van der Waals surface area contributed by atoms with E-state index in [2.05, 4.69) is 10.2 Å². The second-order valence-corrected chi connectivity index (χ2v) is 6.67. The molecule has 0 bridgehead atoms. The molecule has 1 aliphatic heterocycles. The van der Waals surface area contributed by atoms with Crippen molar-refractivity contribution < 1.29 is 9.59 Å². The minimum Gasteiger partial charge on any atom is -0.312 e. The Bertz CT molecular complexity index is 641. The SMILES string of the molecule is O=C(CSc1nncs1)c1ccc(N2CCCC2=O)cc1. The van der Waals surface area contributed by atoms with Gasteiger partial charge in [-0.2, -0.15) is 0 Å². The van der Waals surface area contributed by atoms with E-state index in [0.717, 1.165) is 23.0 Å². The van der Waals surface area contributed by atoms with Gasteiger partial charge in [-0.3, -0.25) is 9.59 Å². The van der Waals surface area contributed by atoms with Crippen molar-refractivity contribution in [2.24, 2.45) is 0 Å². The fourth-order valence-electron chi connectivity index (χ4n) is 2.18. The molecule has 0 saturated carbocycles. The third kappa shape index (κ3) is 3.30. The quantitative estimate of drug-likeness (QED) is 0.626. The Morgan fingerprint density at radius 2 is 2.14 bits per heavy atom. The third-order valence-electron chi connectivity index (χ3n) is 3.24. The molecule has 0 aliphatic carbocycles. The zero-order valence-electron chi connectivity index (χ0n) is 11.2. The molecule has 1 saturated heterocycles. The number of aromatic nitrogens is 2. The van der Waals surface area contributed by atoms with E-state index in [1.54, 1.807) is 22.5 Å². The number of nitrogens with zero attached hydrogens (tertiary/aromatic N) is 3. The van der Waals surface area contributed by atoms with Crippen molar-refractivity contribution >= 4 is 40.5 Å². The topological polar surface area (TPSA) is 63.2 Å². The Balaban J connectivity index is 1.63. The van der Waals surface area contributed by atoms with Crippen molar-refractivity contribution in [3.63, 3.8) is 0 Å². The van der Waals surface area contributed by atoms with Crippen molar-refractivity contribution in [3.05, 3.63) is 35.3 Å². The van der Waals surface area contributed by atoms with Gasteiger partial charge in [-0.25, -0.2) is 0 Å². The summed E-state index contributed by atoms with van der Waals surface area (Å²) < 4.78 is 0.794. The van der Waals surface area contributed by atoms with E-state index in [1.165, 1.54) is 23.1 Å². The number of rotatable bonds is 5. The standard InChI is InChI=1S/C14H13N3O2S2/c18-12(8-20-14-16-15-9-21-14)10-3-5-11(6-4-10)17-7-1-2-13(17)19/h3-6,9H,1-2,7-8H2. The molecular formula is C14H13N3O2S2. The number of anilines is 1. The molecule has 21 heavy (non-hydrogen) atoms. The Morgan fingerprint density at radius 1 is 1.33 bits per heavy atom. The minimum atomic E-state index is 0.0505. The van der Waals surface area contributed by atoms with Gasteiger partial charge < -0.3 is 4.90 Å². The van der Waals surface area contributed by atoms with E-state index in [0.29, 0.717) is 17.7 Å². The summed E-state index contributed by atoms with van der Waals surface area (Å²) in [7, 11) is 0. The van der Waals surface area contributed by atoms with Crippen molar-refractivity contribution in [1.82, 2.24) is 10.2 Å². The summed E-state index contributed by atoms with van der Waals surface area (Å²) in [6.45, 7) is 0.763. The third-order valence-corrected chi connectivity index (χ3v) is 5.10. The molecule has 3 rings (SSSR count). The molecule has 1 aromatic heterocycles. The summed E-state index contributed by atoms with van der Waals surface area (Å²) in [6.07, 6.45) is 1.51. The number of amides is 1. The highest BCUT2D eigenvalue weighted by Crippen LogP contribution is 2.23. The van der Waals surface area contributed by atoms with E-state index >= 15 is 0 Å². The van der Waals surface area contributed by atoms with E-state index in [-0.39, 0.29) is 11.7 Å². The summed E-state index contributed by atoms with van der Waals surface area (Å²) in [5.41, 5.74) is 3.17. The summed E-state index contributed by atoms with van der Waals surface area (Å²) in [5, 5.41) is 7.63. The molecule has 0 atom stereocenters. The Kier molecular flexibility index (Phi) is 4.31. The summed E-state index contributed by atoms with van der Waals surface area (Å²) in [6, 6.07) is 7.24. The summed E-state index contributed by atoms with van der Waals surface area (Å²) in [4.78, 5) is 25.5. The number of thioether (sulfide) groups is 1. The van der Waals surface area contributed by atoms with Gasteiger partial charge in [0.05, 0.1) is 5.75 Å². The van der Waals surface area contributed by atoms with Gasteiger partial charge in [-0.1, -0.05) is 23.1 Å². The molecule has 0 radical (unpaired) electrons. The van der Waals surface area contributed by atoms with E-state index < -0.39 is 0 Å². The number of carbonyl (C=O) groups excluding carboxylic acids is 2. The van der Waals surface area contributed by atoms with Crippen LogP contribution in [0.4, 0.5) is 5.69 Å². The van der Waals surface area contributed by atoms with Crippen LogP contribution < -0.4 is 4.90 Å². The lowest BCUT2D eigenvalue weighted by Crippen LogP contribution is -2.23. The van der Waals surface area contributed by atoms with Gasteiger partial charge in [0.15, 0.2) is 10.1 Å². The molecule has 7 heteroatoms. The lowest BCUT2D eigenvalue weighted by atomic mass is 10.1. The molecule has 0 N–H and O–H groups in total. The average molecular weight is 319 g/mol. The zero-order valence-corrected chi connectivity index (χ0v) is 12.8. The summed E-state index contributed by atoms with van der Waals surface area (Å²) >= 11 is 2.81. The maximum atomic E-state index is 12.1. The van der Waals surface area contributed by atoms with E-state index in [9.17, 15) is 9.59 Å². The molecule has 1 aromatic carbocycles. The lowest BCUT2D eigenvalue weighted by molar-refractivity contribution is -0.117. The Labute approximate surface area is 130 Å². The van der Waals surface area contributed by atoms with Crippen LogP contribution in [0.25, 0.3) is 0 Å². The second kappa shape index (κ2) is 6.36. The molecule has 5 nitrogen and oxygen atoms in total. The first-order valence-corrected chi connectivity index (χ1v) is 8.43. The van der Waals surface area contributed by atoms with Crippen LogP contribution >= 0.6 is 23.1 Å². The lowest BCUT2D eigenvalue weighted by Gasteiger charge is -2.15. The molecular weight excluding hydrogens is 306 g/mol. The zero-order chi connectivity index (χ0) is 14.7. The van der Waals surface area contributed by atoms with E-state index in [4.69, 9.17) is 0 Å². The van der Waals surface area contributed by atoms with Gasteiger partial charge in [0.2, 0.25) is 5.91 Å². The van der Waals surface area contributed by atoms with Gasteiger partial charge in [0.1, 0.15) is 5.51 Å². The number of Topliss-reactive ketones (excluding diaryl/α,β-unsaturated/α-hetero) is 1. The van der Waals surface area contributed by atoms with Crippen molar-refractivity contribution in [2.75, 3.05) is 17.2 Å². The minimum absolute atomic E-state index is 0.0505. The Morgan fingerprint density at radius 3 is 2.76 bits per heavy atom. The molecule has 0 spiro atoms. The number of hydrogen-bond acceptors (Lipinski definition) is 6. The molecule has 2 heterocycles. The monoisotopic (exact) mass is 319 g/mol. The molecule has 1 aliphatic rings. The fourth-order valence-corrected chi connectivity index (χ4v) is 3.57. The highest BCUT2D eigenvalue weighted by atomic mass is 32.2. The van der Waals surface area contributed by atoms with Gasteiger partial charge in [-0.15, -0.1) is 10.2 Å². The van der Waals surface area contributed by atoms with Crippen LogP contribution in [-0.2, 0) is 4.79 Å². The van der Waals surface area contributed by atoms with Gasteiger partial charge >= 0.3 is 0 Å². The largest absolute Gasteiger partial charge is 0.312 e. The van der Waals surface area contributed by atoms with Crippen LogP contribution in [0.15, 0.2) is 34.1 Å². The second-order valence-electron chi connectivity index (χ2n) is 4.61. The first kappa shape index (κ1) is 14.2. The van der Waals surface area contributed by atoms with Crippen LogP contribution in [0.1, 0.15) is 23.2 Å². The average Bonchev–Trinajstić information content (AvgIpc) is 3.16. The predicted octanol–water partition coefficient (Wildman–Crippen LogP) is 2.64. The fraction of sp³-hybridized carbons (Fsp3) is 0.286. The van der Waals surface area contributed by atoms with Crippen LogP contribution in [0, 0.1) is 0 Å². The predicted molar refractivity (Wildman–Crippen MR) is 83.0 cm³/mol. The first-order chi connectivity index (χ1) is 10.2. The van der Waals surface area contributed by atoms with Gasteiger partial charge in [0.25, 0.3) is 0 Å². The molecule has 108 valence electrons. The van der Waals surface area contributed by atoms with Crippen LogP contribution in [0.2, 0.25) is 0 Å². The van der Waals surface area contributed by atoms with Crippen LogP contribution in [0.3, 0.4) is 0 Å². The molecule has 1 fully saturated rings. The normalized spacial score (nSPS) is 14.7. The molecule has 1 amide bonds. The Hall–Kier alpha value is -1.73. The maximum Gasteiger partial charge on any atom is 0.227 e. The van der Waals surface area contributed by atoms with Crippen molar-refractivity contribution in [2.45, 2.75) is 17.2 Å².